The van der Waals surface area contributed by atoms with Crippen LogP contribution in [0.3, 0.4) is 0 Å². The van der Waals surface area contributed by atoms with Gasteiger partial charge >= 0.3 is 5.97 Å². The number of benzene rings is 2. The molecule has 3 heterocycles. The first-order valence-electron chi connectivity index (χ1n) is 17.4. The van der Waals surface area contributed by atoms with Crippen LogP contribution < -0.4 is 0 Å². The molecule has 3 aliphatic heterocycles. The number of hydrogen-bond donors (Lipinski definition) is 13. The zero-order chi connectivity index (χ0) is 40.8. The number of rotatable bonds is 14. The van der Waals surface area contributed by atoms with Crippen LogP contribution in [-0.4, -0.2) is 191 Å². The number of esters is 1. The van der Waals surface area contributed by atoms with Crippen LogP contribution in [0.4, 0.5) is 0 Å². The smallest absolute Gasteiger partial charge is 0.331 e. The summed E-state index contributed by atoms with van der Waals surface area (Å²) in [5, 5.41) is 133. The molecule has 2 aromatic rings. The van der Waals surface area contributed by atoms with Crippen LogP contribution in [0.1, 0.15) is 11.1 Å². The molecule has 0 aliphatic carbocycles. The SMILES string of the molecule is O=C(C=Cc1ccc(O)c(O)c1)O[C@@H]1[C@H](O[C@H]2O[C@@H](CO)[C@H](O)[C@@H](O)[C@@H]2O)[C@@H](O[C@H]2O[C@@H](CO)[C@H](O)[C@@H](O)[C@@H]2O)[C@H](OCCc2ccc(O)c(O)c2)O[C@@H]1CO. The van der Waals surface area contributed by atoms with Crippen molar-refractivity contribution >= 4 is 12.0 Å². The number of aromatic hydroxyl groups is 4. The Balaban J connectivity index is 1.51. The molecule has 5 rings (SSSR count). The molecule has 21 nitrogen and oxygen atoms in total. The Morgan fingerprint density at radius 1 is 0.589 bits per heavy atom. The lowest BCUT2D eigenvalue weighted by atomic mass is 9.95. The Labute approximate surface area is 317 Å². The molecule has 0 unspecified atom stereocenters. The van der Waals surface area contributed by atoms with Crippen molar-refractivity contribution < 1.29 is 104 Å². The van der Waals surface area contributed by atoms with Crippen molar-refractivity contribution in [1.29, 1.82) is 0 Å². The number of ether oxygens (including phenoxy) is 7. The summed E-state index contributed by atoms with van der Waals surface area (Å²) in [6.07, 6.45) is -24.8. The molecule has 3 saturated heterocycles. The van der Waals surface area contributed by atoms with E-state index in [2.05, 4.69) is 0 Å². The van der Waals surface area contributed by atoms with Gasteiger partial charge in [-0.25, -0.2) is 4.79 Å². The monoisotopic (exact) mass is 802 g/mol. The van der Waals surface area contributed by atoms with Crippen LogP contribution in [0.25, 0.3) is 6.08 Å². The fourth-order valence-corrected chi connectivity index (χ4v) is 6.27. The minimum atomic E-state index is -2.03. The standard InChI is InChI=1S/C35H46O21/c36-11-20-24(44)26(46)28(48)33(51-20)55-31-30(54-23(43)6-3-14-1-4-16(39)18(41)9-14)22(13-38)53-35(50-8-7-15-2-5-17(40)19(42)10-15)32(31)56-34-29(49)27(47)25(45)21(12-37)52-34/h1-6,9-10,20-22,24-42,44-49H,7-8,11-13H2/t20-,21-,22+,24-,25-,26+,27+,28-,29-,30-,31-,32+,33+,34+,35+/m0/s1. The maximum atomic E-state index is 13.3. The quantitative estimate of drug-likeness (QED) is 0.0489. The molecule has 312 valence electrons. The number of phenols is 4. The molecule has 0 bridgehead atoms. The summed E-state index contributed by atoms with van der Waals surface area (Å²) < 4.78 is 40.8. The third-order valence-corrected chi connectivity index (χ3v) is 9.43. The minimum Gasteiger partial charge on any atom is -0.504 e. The van der Waals surface area contributed by atoms with E-state index in [1.807, 2.05) is 0 Å². The second-order valence-electron chi connectivity index (χ2n) is 13.2. The zero-order valence-electron chi connectivity index (χ0n) is 29.4. The molecule has 0 aromatic heterocycles. The highest BCUT2D eigenvalue weighted by molar-refractivity contribution is 5.87. The van der Waals surface area contributed by atoms with Gasteiger partial charge in [0.2, 0.25) is 0 Å². The first-order valence-corrected chi connectivity index (χ1v) is 17.4. The van der Waals surface area contributed by atoms with Crippen molar-refractivity contribution in [1.82, 2.24) is 0 Å². The summed E-state index contributed by atoms with van der Waals surface area (Å²) in [6.45, 7) is -2.87. The number of aliphatic hydroxyl groups is 9. The molecular weight excluding hydrogens is 756 g/mol. The van der Waals surface area contributed by atoms with Crippen LogP contribution in [0.5, 0.6) is 23.0 Å². The molecule has 0 radical (unpaired) electrons. The molecule has 56 heavy (non-hydrogen) atoms. The van der Waals surface area contributed by atoms with Gasteiger partial charge in [-0.05, 0) is 47.9 Å². The van der Waals surface area contributed by atoms with E-state index in [-0.39, 0.29) is 24.3 Å². The Kier molecular flexibility index (Phi) is 14.8. The molecule has 21 heteroatoms. The lowest BCUT2D eigenvalue weighted by Gasteiger charge is -2.49. The Hall–Kier alpha value is -3.75. The maximum Gasteiger partial charge on any atom is 0.331 e. The van der Waals surface area contributed by atoms with E-state index in [0.29, 0.717) is 5.56 Å². The Morgan fingerprint density at radius 2 is 1.11 bits per heavy atom. The number of carbonyl (C=O) groups excluding carboxylic acids is 1. The molecule has 13 N–H and O–H groups in total. The van der Waals surface area contributed by atoms with Gasteiger partial charge < -0.3 is 99.5 Å². The lowest BCUT2D eigenvalue weighted by Crippen LogP contribution is -2.67. The van der Waals surface area contributed by atoms with E-state index in [4.69, 9.17) is 33.2 Å². The summed E-state index contributed by atoms with van der Waals surface area (Å²) >= 11 is 0. The Bertz CT molecular complexity index is 1620. The van der Waals surface area contributed by atoms with Crippen molar-refractivity contribution in [3.05, 3.63) is 53.6 Å². The molecular formula is C35H46O21. The number of aliphatic hydroxyl groups excluding tert-OH is 9. The molecule has 0 saturated carbocycles. The minimum absolute atomic E-state index is 0.0541. The van der Waals surface area contributed by atoms with Crippen molar-refractivity contribution in [3.63, 3.8) is 0 Å². The molecule has 15 atom stereocenters. The van der Waals surface area contributed by atoms with Crippen LogP contribution in [-0.2, 0) is 44.4 Å². The third-order valence-electron chi connectivity index (χ3n) is 9.43. The second kappa shape index (κ2) is 19.1. The van der Waals surface area contributed by atoms with Crippen LogP contribution in [0, 0.1) is 0 Å². The largest absolute Gasteiger partial charge is 0.504 e. The van der Waals surface area contributed by atoms with E-state index in [1.165, 1.54) is 30.3 Å². The van der Waals surface area contributed by atoms with E-state index in [0.717, 1.165) is 18.2 Å². The normalized spacial score (nSPS) is 36.4. The number of hydrogen-bond acceptors (Lipinski definition) is 21. The highest BCUT2D eigenvalue weighted by Crippen LogP contribution is 2.36. The average Bonchev–Trinajstić information content (AvgIpc) is 3.18. The average molecular weight is 803 g/mol. The van der Waals surface area contributed by atoms with Gasteiger partial charge in [-0.15, -0.1) is 0 Å². The summed E-state index contributed by atoms with van der Waals surface area (Å²) in [5.74, 6) is -2.84. The zero-order valence-corrected chi connectivity index (χ0v) is 29.4. The summed E-state index contributed by atoms with van der Waals surface area (Å²) in [4.78, 5) is 13.3. The third kappa shape index (κ3) is 9.85. The van der Waals surface area contributed by atoms with Gasteiger partial charge in [0.15, 0.2) is 48.0 Å². The van der Waals surface area contributed by atoms with Crippen molar-refractivity contribution in [2.45, 2.75) is 98.5 Å². The molecule has 0 spiro atoms. The predicted octanol–water partition coefficient (Wildman–Crippen LogP) is -4.22. The number of carbonyl (C=O) groups is 1. The summed E-state index contributed by atoms with van der Waals surface area (Å²) in [7, 11) is 0. The maximum absolute atomic E-state index is 13.3. The van der Waals surface area contributed by atoms with Gasteiger partial charge in [-0.1, -0.05) is 12.1 Å². The van der Waals surface area contributed by atoms with Gasteiger partial charge in [0, 0.05) is 6.08 Å². The molecule has 3 aliphatic rings. The van der Waals surface area contributed by atoms with E-state index < -0.39 is 135 Å². The highest BCUT2D eigenvalue weighted by atomic mass is 16.8. The topological polar surface area (TPSA) is 345 Å². The van der Waals surface area contributed by atoms with Gasteiger partial charge in [0.25, 0.3) is 0 Å². The van der Waals surface area contributed by atoms with Crippen LogP contribution in [0.2, 0.25) is 0 Å². The van der Waals surface area contributed by atoms with Gasteiger partial charge in [-0.2, -0.15) is 0 Å². The predicted molar refractivity (Wildman–Crippen MR) is 181 cm³/mol. The van der Waals surface area contributed by atoms with Crippen LogP contribution >= 0.6 is 0 Å². The first kappa shape index (κ1) is 43.4. The van der Waals surface area contributed by atoms with Gasteiger partial charge in [0.05, 0.1) is 26.4 Å². The molecule has 2 aromatic carbocycles. The number of phenolic OH excluding ortho intramolecular Hbond substituents is 4. The van der Waals surface area contributed by atoms with Gasteiger partial charge in [-0.3, -0.25) is 0 Å². The summed E-state index contributed by atoms with van der Waals surface area (Å²) in [5.41, 5.74) is 0.708. The van der Waals surface area contributed by atoms with Crippen LogP contribution in [0.15, 0.2) is 42.5 Å². The van der Waals surface area contributed by atoms with Crippen molar-refractivity contribution in [3.8, 4) is 23.0 Å². The Morgan fingerprint density at radius 3 is 1.64 bits per heavy atom. The molecule has 0 amide bonds. The fourth-order valence-electron chi connectivity index (χ4n) is 6.27. The fraction of sp³-hybridized carbons (Fsp3) is 0.571. The van der Waals surface area contributed by atoms with Gasteiger partial charge in [0.1, 0.15) is 67.1 Å². The van der Waals surface area contributed by atoms with E-state index >= 15 is 0 Å². The van der Waals surface area contributed by atoms with Crippen molar-refractivity contribution in [2.24, 2.45) is 0 Å². The molecule has 3 fully saturated rings. The summed E-state index contributed by atoms with van der Waals surface area (Å²) in [6, 6.07) is 7.62. The van der Waals surface area contributed by atoms with E-state index in [9.17, 15) is 71.2 Å². The van der Waals surface area contributed by atoms with E-state index in [1.54, 1.807) is 0 Å². The lowest BCUT2D eigenvalue weighted by molar-refractivity contribution is -0.391. The first-order chi connectivity index (χ1) is 26.7. The second-order valence-corrected chi connectivity index (χ2v) is 13.2. The van der Waals surface area contributed by atoms with Crippen molar-refractivity contribution in [2.75, 3.05) is 26.4 Å². The highest BCUT2D eigenvalue weighted by Gasteiger charge is 2.56.